The molecule has 150 valence electrons. The lowest BCUT2D eigenvalue weighted by Gasteiger charge is -2.10. The molecule has 8 nitrogen and oxygen atoms in total. The Morgan fingerprint density at radius 3 is 2.86 bits per heavy atom. The van der Waals surface area contributed by atoms with Crippen LogP contribution in [0.1, 0.15) is 12.6 Å². The molecule has 0 saturated heterocycles. The van der Waals surface area contributed by atoms with Gasteiger partial charge in [0.1, 0.15) is 17.9 Å². The fourth-order valence-electron chi connectivity index (χ4n) is 2.94. The van der Waals surface area contributed by atoms with Crippen molar-refractivity contribution in [3.63, 3.8) is 0 Å². The number of nitrogens with zero attached hydrogens (tertiary/aromatic N) is 6. The van der Waals surface area contributed by atoms with Gasteiger partial charge in [0, 0.05) is 30.6 Å². The highest BCUT2D eigenvalue weighted by atomic mass is 35.5. The summed E-state index contributed by atoms with van der Waals surface area (Å²) in [4.78, 5) is 15.5. The second kappa shape index (κ2) is 8.18. The smallest absolute Gasteiger partial charge is 0.277 e. The Morgan fingerprint density at radius 2 is 2.07 bits per heavy atom. The zero-order valence-corrected chi connectivity index (χ0v) is 17.2. The molecule has 0 aromatic carbocycles. The Morgan fingerprint density at radius 1 is 1.21 bits per heavy atom. The normalized spacial score (nSPS) is 11.5. The number of aryl methyl sites for hydroxylation is 1. The van der Waals surface area contributed by atoms with E-state index in [0.29, 0.717) is 29.2 Å². The molecule has 4 aromatic heterocycles. The Kier molecular flexibility index (Phi) is 5.46. The molecule has 0 unspecified atom stereocenters. The molecule has 4 heterocycles. The lowest BCUT2D eigenvalue weighted by atomic mass is 10.2. The summed E-state index contributed by atoms with van der Waals surface area (Å²) in [6, 6.07) is 7.29. The van der Waals surface area contributed by atoms with Crippen molar-refractivity contribution in [2.45, 2.75) is 13.3 Å². The lowest BCUT2D eigenvalue weighted by Crippen LogP contribution is -2.19. The minimum absolute atomic E-state index is 0.388. The third-order valence-corrected chi connectivity index (χ3v) is 4.62. The molecule has 29 heavy (non-hydrogen) atoms. The van der Waals surface area contributed by atoms with E-state index in [1.54, 1.807) is 24.5 Å². The van der Waals surface area contributed by atoms with Crippen molar-refractivity contribution < 1.29 is 9.26 Å². The van der Waals surface area contributed by atoms with Crippen molar-refractivity contribution in [3.8, 4) is 28.9 Å². The monoisotopic (exact) mass is 412 g/mol. The van der Waals surface area contributed by atoms with E-state index >= 15 is 0 Å². The number of aromatic nitrogens is 5. The van der Waals surface area contributed by atoms with Crippen LogP contribution in [0.4, 0.5) is 0 Å². The third kappa shape index (κ3) is 4.08. The fourth-order valence-corrected chi connectivity index (χ4v) is 3.10. The molecule has 0 atom stereocenters. The standard InChI is InChI=1S/C20H21ClN6O2/c1-4-15-18(27-12-14(21)5-6-16(27)23-15)20-24-19(25-29-20)13-7-8-22-17(11-13)28-10-9-26(2)3/h5-8,11-12H,4,9-10H2,1-3H3. The maximum absolute atomic E-state index is 6.17. The molecule has 0 bridgehead atoms. The van der Waals surface area contributed by atoms with E-state index in [-0.39, 0.29) is 0 Å². The number of hydrogen-bond donors (Lipinski definition) is 0. The highest BCUT2D eigenvalue weighted by molar-refractivity contribution is 6.30. The molecule has 0 aliphatic carbocycles. The number of fused-ring (bicyclic) bond motifs is 1. The van der Waals surface area contributed by atoms with Gasteiger partial charge in [-0.1, -0.05) is 23.7 Å². The lowest BCUT2D eigenvalue weighted by molar-refractivity contribution is 0.254. The van der Waals surface area contributed by atoms with Crippen LogP contribution in [0.25, 0.3) is 28.6 Å². The van der Waals surface area contributed by atoms with Crippen LogP contribution in [-0.2, 0) is 6.42 Å². The van der Waals surface area contributed by atoms with Crippen molar-refractivity contribution in [2.75, 3.05) is 27.2 Å². The number of rotatable bonds is 7. The van der Waals surface area contributed by atoms with Gasteiger partial charge in [-0.3, -0.25) is 4.40 Å². The van der Waals surface area contributed by atoms with Crippen molar-refractivity contribution in [1.82, 2.24) is 29.4 Å². The second-order valence-electron chi connectivity index (χ2n) is 6.79. The van der Waals surface area contributed by atoms with Crippen molar-refractivity contribution >= 4 is 17.2 Å². The van der Waals surface area contributed by atoms with Gasteiger partial charge in [-0.05, 0) is 38.7 Å². The second-order valence-corrected chi connectivity index (χ2v) is 7.23. The molecular weight excluding hydrogens is 392 g/mol. The summed E-state index contributed by atoms with van der Waals surface area (Å²) in [5.74, 6) is 1.36. The van der Waals surface area contributed by atoms with Crippen molar-refractivity contribution in [3.05, 3.63) is 47.4 Å². The van der Waals surface area contributed by atoms with E-state index in [4.69, 9.17) is 20.9 Å². The maximum atomic E-state index is 6.17. The Hall–Kier alpha value is -2.97. The molecule has 0 N–H and O–H groups in total. The Labute approximate surface area is 173 Å². The number of likely N-dealkylation sites (N-methyl/N-ethyl adjacent to an activating group) is 1. The summed E-state index contributed by atoms with van der Waals surface area (Å²) in [6.07, 6.45) is 4.19. The van der Waals surface area contributed by atoms with Gasteiger partial charge in [0.05, 0.1) is 10.7 Å². The number of halogens is 1. The maximum Gasteiger partial charge on any atom is 0.277 e. The summed E-state index contributed by atoms with van der Waals surface area (Å²) in [5, 5.41) is 4.75. The first-order valence-corrected chi connectivity index (χ1v) is 9.67. The SMILES string of the molecule is CCc1nc2ccc(Cl)cn2c1-c1nc(-c2ccnc(OCCN(C)C)c2)no1. The number of hydrogen-bond acceptors (Lipinski definition) is 7. The number of ether oxygens (including phenoxy) is 1. The summed E-state index contributed by atoms with van der Waals surface area (Å²) < 4.78 is 13.1. The predicted octanol–water partition coefficient (Wildman–Crippen LogP) is 3.60. The van der Waals surface area contributed by atoms with Gasteiger partial charge in [-0.15, -0.1) is 0 Å². The first-order valence-electron chi connectivity index (χ1n) is 9.29. The average molecular weight is 413 g/mol. The van der Waals surface area contributed by atoms with E-state index in [1.807, 2.05) is 42.5 Å². The van der Waals surface area contributed by atoms with Crippen LogP contribution in [0.5, 0.6) is 5.88 Å². The molecule has 0 spiro atoms. The topological polar surface area (TPSA) is 81.6 Å². The van der Waals surface area contributed by atoms with Gasteiger partial charge in [-0.2, -0.15) is 4.98 Å². The van der Waals surface area contributed by atoms with E-state index in [2.05, 4.69) is 20.1 Å². The first kappa shape index (κ1) is 19.4. The van der Waals surface area contributed by atoms with E-state index in [9.17, 15) is 0 Å². The average Bonchev–Trinajstić information content (AvgIpc) is 3.32. The molecule has 0 saturated carbocycles. The van der Waals surface area contributed by atoms with Crippen LogP contribution in [0.3, 0.4) is 0 Å². The number of imidazole rings is 1. The van der Waals surface area contributed by atoms with Crippen LogP contribution in [0.2, 0.25) is 5.02 Å². The van der Waals surface area contributed by atoms with Gasteiger partial charge >= 0.3 is 0 Å². The summed E-state index contributed by atoms with van der Waals surface area (Å²) in [7, 11) is 3.98. The highest BCUT2D eigenvalue weighted by Crippen LogP contribution is 2.28. The van der Waals surface area contributed by atoms with Gasteiger partial charge in [0.15, 0.2) is 0 Å². The molecule has 0 aliphatic heterocycles. The Balaban J connectivity index is 1.66. The summed E-state index contributed by atoms with van der Waals surface area (Å²) in [6.45, 7) is 3.38. The zero-order chi connectivity index (χ0) is 20.4. The van der Waals surface area contributed by atoms with E-state index < -0.39 is 0 Å². The van der Waals surface area contributed by atoms with Crippen LogP contribution in [0.15, 0.2) is 41.2 Å². The van der Waals surface area contributed by atoms with Crippen LogP contribution < -0.4 is 4.74 Å². The minimum Gasteiger partial charge on any atom is -0.476 e. The van der Waals surface area contributed by atoms with Crippen molar-refractivity contribution in [1.29, 1.82) is 0 Å². The summed E-state index contributed by atoms with van der Waals surface area (Å²) >= 11 is 6.17. The van der Waals surface area contributed by atoms with Gasteiger partial charge in [0.2, 0.25) is 11.7 Å². The summed E-state index contributed by atoms with van der Waals surface area (Å²) in [5.41, 5.74) is 3.16. The highest BCUT2D eigenvalue weighted by Gasteiger charge is 2.20. The van der Waals surface area contributed by atoms with Gasteiger partial charge in [-0.25, -0.2) is 9.97 Å². The molecule has 0 radical (unpaired) electrons. The largest absolute Gasteiger partial charge is 0.476 e. The molecule has 0 fully saturated rings. The predicted molar refractivity (Wildman–Crippen MR) is 110 cm³/mol. The number of pyridine rings is 2. The van der Waals surface area contributed by atoms with Crippen LogP contribution in [0, 0.1) is 0 Å². The molecule has 0 amide bonds. The fraction of sp³-hybridized carbons (Fsp3) is 0.300. The molecule has 4 rings (SSSR count). The quantitative estimate of drug-likeness (QED) is 0.458. The molecule has 4 aromatic rings. The third-order valence-electron chi connectivity index (χ3n) is 4.40. The molecular formula is C20H21ClN6O2. The van der Waals surface area contributed by atoms with E-state index in [0.717, 1.165) is 35.6 Å². The zero-order valence-electron chi connectivity index (χ0n) is 16.5. The van der Waals surface area contributed by atoms with Gasteiger partial charge in [0.25, 0.3) is 5.89 Å². The van der Waals surface area contributed by atoms with Crippen molar-refractivity contribution in [2.24, 2.45) is 0 Å². The van der Waals surface area contributed by atoms with Gasteiger partial charge < -0.3 is 14.2 Å². The van der Waals surface area contributed by atoms with E-state index in [1.165, 1.54) is 0 Å². The molecule has 9 heteroatoms. The Bertz CT molecular complexity index is 1140. The first-order chi connectivity index (χ1) is 14.0. The molecule has 0 aliphatic rings. The van der Waals surface area contributed by atoms with Crippen LogP contribution >= 0.6 is 11.6 Å². The minimum atomic E-state index is 0.388. The van der Waals surface area contributed by atoms with Crippen LogP contribution in [-0.4, -0.2) is 56.7 Å².